The van der Waals surface area contributed by atoms with Gasteiger partial charge in [0.05, 0.1) is 6.04 Å². The number of benzene rings is 1. The molecule has 2 rings (SSSR count). The quantitative estimate of drug-likeness (QED) is 0.832. The zero-order valence-electron chi connectivity index (χ0n) is 12.9. The van der Waals surface area contributed by atoms with Crippen molar-refractivity contribution in [3.63, 3.8) is 0 Å². The minimum Gasteiger partial charge on any atom is -0.353 e. The number of carbonyl (C=O) groups is 1. The Hall–Kier alpha value is -1.39. The van der Waals surface area contributed by atoms with Crippen LogP contribution in [0.25, 0.3) is 0 Å². The summed E-state index contributed by atoms with van der Waals surface area (Å²) in [7, 11) is 0. The van der Waals surface area contributed by atoms with Crippen LogP contribution in [0, 0.1) is 5.92 Å². The molecule has 1 saturated heterocycles. The highest BCUT2D eigenvalue weighted by Gasteiger charge is 2.17. The van der Waals surface area contributed by atoms with Crippen molar-refractivity contribution in [3.8, 4) is 0 Å². The maximum atomic E-state index is 12.0. The van der Waals surface area contributed by atoms with Crippen molar-refractivity contribution in [2.45, 2.75) is 32.2 Å². The van der Waals surface area contributed by atoms with Gasteiger partial charge in [-0.25, -0.2) is 0 Å². The van der Waals surface area contributed by atoms with E-state index in [0.717, 1.165) is 31.1 Å². The second kappa shape index (κ2) is 8.15. The maximum absolute atomic E-state index is 12.0. The predicted octanol–water partition coefficient (Wildman–Crippen LogP) is 1.40. The lowest BCUT2D eigenvalue weighted by molar-refractivity contribution is -0.122. The Balaban J connectivity index is 1.65. The molecule has 1 aliphatic heterocycles. The number of hydrogen-bond donors (Lipinski definition) is 2. The Bertz CT molecular complexity index is 427. The maximum Gasteiger partial charge on any atom is 0.237 e. The van der Waals surface area contributed by atoms with Crippen molar-refractivity contribution in [1.82, 2.24) is 10.2 Å². The minimum absolute atomic E-state index is 0.0516. The Labute approximate surface area is 127 Å². The second-order valence-corrected chi connectivity index (χ2v) is 6.11. The van der Waals surface area contributed by atoms with Crippen LogP contribution in [-0.4, -0.2) is 43.0 Å². The van der Waals surface area contributed by atoms with Gasteiger partial charge in [-0.15, -0.1) is 0 Å². The summed E-state index contributed by atoms with van der Waals surface area (Å²) in [6.07, 6.45) is 3.12. The molecule has 0 aliphatic carbocycles. The van der Waals surface area contributed by atoms with Gasteiger partial charge in [-0.05, 0) is 43.8 Å². The minimum atomic E-state index is -0.464. The number of carbonyl (C=O) groups excluding carboxylic acids is 1. The largest absolute Gasteiger partial charge is 0.353 e. The normalized spacial score (nSPS) is 18.4. The van der Waals surface area contributed by atoms with E-state index in [9.17, 15) is 4.79 Å². The summed E-state index contributed by atoms with van der Waals surface area (Å²) in [6.45, 7) is 6.22. The Morgan fingerprint density at radius 1 is 1.33 bits per heavy atom. The van der Waals surface area contributed by atoms with E-state index >= 15 is 0 Å². The van der Waals surface area contributed by atoms with E-state index in [1.54, 1.807) is 0 Å². The van der Waals surface area contributed by atoms with E-state index < -0.39 is 6.04 Å². The average molecular weight is 289 g/mol. The molecule has 3 N–H and O–H groups in total. The van der Waals surface area contributed by atoms with Crippen LogP contribution in [0.5, 0.6) is 0 Å². The van der Waals surface area contributed by atoms with E-state index in [4.69, 9.17) is 5.73 Å². The molecule has 0 aromatic heterocycles. The van der Waals surface area contributed by atoms with Gasteiger partial charge in [-0.1, -0.05) is 37.3 Å². The fourth-order valence-electron chi connectivity index (χ4n) is 2.71. The molecule has 0 spiro atoms. The summed E-state index contributed by atoms with van der Waals surface area (Å²) < 4.78 is 0. The topological polar surface area (TPSA) is 58.4 Å². The number of nitrogens with one attached hydrogen (secondary N) is 1. The number of likely N-dealkylation sites (tertiary alicyclic amines) is 1. The third-order valence-electron chi connectivity index (χ3n) is 4.24. The lowest BCUT2D eigenvalue weighted by Gasteiger charge is -2.30. The summed E-state index contributed by atoms with van der Waals surface area (Å²) in [5, 5.41) is 2.96. The van der Waals surface area contributed by atoms with Gasteiger partial charge < -0.3 is 16.0 Å². The van der Waals surface area contributed by atoms with Crippen molar-refractivity contribution >= 4 is 5.91 Å². The SMILES string of the molecule is CC1CCN(CCNC(=O)[C@H](N)Cc2ccccc2)CC1. The first-order valence-electron chi connectivity index (χ1n) is 7.94. The van der Waals surface area contributed by atoms with Crippen LogP contribution in [0.3, 0.4) is 0 Å². The van der Waals surface area contributed by atoms with E-state index in [0.29, 0.717) is 13.0 Å². The zero-order chi connectivity index (χ0) is 15.1. The highest BCUT2D eigenvalue weighted by molar-refractivity contribution is 5.81. The first kappa shape index (κ1) is 16.0. The molecule has 116 valence electrons. The smallest absolute Gasteiger partial charge is 0.237 e. The van der Waals surface area contributed by atoms with Crippen LogP contribution in [0.1, 0.15) is 25.3 Å². The fraction of sp³-hybridized carbons (Fsp3) is 0.588. The third-order valence-corrected chi connectivity index (χ3v) is 4.24. The molecule has 1 amide bonds. The number of nitrogens with two attached hydrogens (primary N) is 1. The van der Waals surface area contributed by atoms with Gasteiger partial charge in [0.2, 0.25) is 5.91 Å². The van der Waals surface area contributed by atoms with Gasteiger partial charge in [-0.3, -0.25) is 4.79 Å². The molecular weight excluding hydrogens is 262 g/mol. The van der Waals surface area contributed by atoms with Gasteiger partial charge in [0.1, 0.15) is 0 Å². The fourth-order valence-corrected chi connectivity index (χ4v) is 2.71. The van der Waals surface area contributed by atoms with Crippen LogP contribution < -0.4 is 11.1 Å². The van der Waals surface area contributed by atoms with Crippen LogP contribution in [-0.2, 0) is 11.2 Å². The molecule has 4 nitrogen and oxygen atoms in total. The summed E-state index contributed by atoms with van der Waals surface area (Å²) >= 11 is 0. The Morgan fingerprint density at radius 3 is 2.67 bits per heavy atom. The Morgan fingerprint density at radius 2 is 2.00 bits per heavy atom. The molecule has 1 fully saturated rings. The van der Waals surface area contributed by atoms with Crippen molar-refractivity contribution < 1.29 is 4.79 Å². The monoisotopic (exact) mass is 289 g/mol. The van der Waals surface area contributed by atoms with Crippen LogP contribution in [0.2, 0.25) is 0 Å². The number of nitrogens with zero attached hydrogens (tertiary/aromatic N) is 1. The van der Waals surface area contributed by atoms with Crippen molar-refractivity contribution in [3.05, 3.63) is 35.9 Å². The third kappa shape index (κ3) is 5.48. The van der Waals surface area contributed by atoms with E-state index in [2.05, 4.69) is 17.1 Å². The number of amides is 1. The zero-order valence-corrected chi connectivity index (χ0v) is 12.9. The number of rotatable bonds is 6. The molecule has 1 aromatic rings. The number of hydrogen-bond acceptors (Lipinski definition) is 3. The van der Waals surface area contributed by atoms with E-state index in [-0.39, 0.29) is 5.91 Å². The highest BCUT2D eigenvalue weighted by atomic mass is 16.2. The van der Waals surface area contributed by atoms with Crippen molar-refractivity contribution in [2.75, 3.05) is 26.2 Å². The molecule has 0 radical (unpaired) electrons. The standard InChI is InChI=1S/C17H27N3O/c1-14-7-10-20(11-8-14)12-9-19-17(21)16(18)13-15-5-3-2-4-6-15/h2-6,14,16H,7-13,18H2,1H3,(H,19,21)/t16-/m1/s1. The summed E-state index contributed by atoms with van der Waals surface area (Å²) in [6, 6.07) is 9.45. The summed E-state index contributed by atoms with van der Waals surface area (Å²) in [4.78, 5) is 14.4. The first-order chi connectivity index (χ1) is 10.1. The molecule has 1 heterocycles. The van der Waals surface area contributed by atoms with E-state index in [1.165, 1.54) is 12.8 Å². The molecule has 0 saturated carbocycles. The Kier molecular flexibility index (Phi) is 6.21. The highest BCUT2D eigenvalue weighted by Crippen LogP contribution is 2.15. The molecule has 0 unspecified atom stereocenters. The molecule has 1 aromatic carbocycles. The second-order valence-electron chi connectivity index (χ2n) is 6.11. The average Bonchev–Trinajstić information content (AvgIpc) is 2.50. The van der Waals surface area contributed by atoms with Gasteiger partial charge in [0, 0.05) is 13.1 Å². The van der Waals surface area contributed by atoms with Crippen LogP contribution in [0.4, 0.5) is 0 Å². The van der Waals surface area contributed by atoms with Gasteiger partial charge in [0.15, 0.2) is 0 Å². The molecule has 21 heavy (non-hydrogen) atoms. The van der Waals surface area contributed by atoms with Gasteiger partial charge >= 0.3 is 0 Å². The van der Waals surface area contributed by atoms with Gasteiger partial charge in [0.25, 0.3) is 0 Å². The molecule has 0 bridgehead atoms. The first-order valence-corrected chi connectivity index (χ1v) is 7.94. The molecule has 4 heteroatoms. The predicted molar refractivity (Wildman–Crippen MR) is 86.0 cm³/mol. The molecular formula is C17H27N3O. The van der Waals surface area contributed by atoms with Gasteiger partial charge in [-0.2, -0.15) is 0 Å². The van der Waals surface area contributed by atoms with E-state index in [1.807, 2.05) is 30.3 Å². The molecule has 1 aliphatic rings. The molecule has 1 atom stereocenters. The lowest BCUT2D eigenvalue weighted by atomic mass is 9.99. The van der Waals surface area contributed by atoms with Crippen LogP contribution >= 0.6 is 0 Å². The van der Waals surface area contributed by atoms with Crippen molar-refractivity contribution in [1.29, 1.82) is 0 Å². The van der Waals surface area contributed by atoms with Crippen LogP contribution in [0.15, 0.2) is 30.3 Å². The summed E-state index contributed by atoms with van der Waals surface area (Å²) in [5.41, 5.74) is 7.06. The number of piperidine rings is 1. The summed E-state index contributed by atoms with van der Waals surface area (Å²) in [5.74, 6) is 0.791. The lowest BCUT2D eigenvalue weighted by Crippen LogP contribution is -2.45. The van der Waals surface area contributed by atoms with Crippen molar-refractivity contribution in [2.24, 2.45) is 11.7 Å².